The number of benzene rings is 1. The van der Waals surface area contributed by atoms with Crippen molar-refractivity contribution in [3.05, 3.63) is 35.9 Å². The maximum Gasteiger partial charge on any atom is 0.0595 e. The highest BCUT2D eigenvalue weighted by Gasteiger charge is 2.60. The fourth-order valence-corrected chi connectivity index (χ4v) is 3.38. The zero-order valence-electron chi connectivity index (χ0n) is 11.7. The molecule has 1 fully saturated rings. The molecule has 0 bridgehead atoms. The van der Waals surface area contributed by atoms with E-state index in [1.54, 1.807) is 0 Å². The SMILES string of the molecule is CC[C@@H]1[C@H](CC(C)(C)O)[C@@]1(N)Cc1ccccc1. The number of rotatable bonds is 5. The molecule has 0 aromatic heterocycles. The number of hydrogen-bond donors (Lipinski definition) is 2. The van der Waals surface area contributed by atoms with Crippen LogP contribution in [0.15, 0.2) is 30.3 Å². The lowest BCUT2D eigenvalue weighted by Crippen LogP contribution is -2.32. The minimum absolute atomic E-state index is 0.115. The number of nitrogens with two attached hydrogens (primary N) is 1. The lowest BCUT2D eigenvalue weighted by Gasteiger charge is -2.19. The van der Waals surface area contributed by atoms with Crippen LogP contribution in [0.25, 0.3) is 0 Å². The quantitative estimate of drug-likeness (QED) is 0.840. The summed E-state index contributed by atoms with van der Waals surface area (Å²) in [5.74, 6) is 0.992. The summed E-state index contributed by atoms with van der Waals surface area (Å²) in [6, 6.07) is 10.4. The lowest BCUT2D eigenvalue weighted by atomic mass is 9.96. The molecule has 0 heterocycles. The molecule has 0 amide bonds. The van der Waals surface area contributed by atoms with Gasteiger partial charge in [0, 0.05) is 5.54 Å². The maximum atomic E-state index is 9.98. The first-order valence-electron chi connectivity index (χ1n) is 6.92. The Bertz CT molecular complexity index is 395. The van der Waals surface area contributed by atoms with Crippen LogP contribution >= 0.6 is 0 Å². The average molecular weight is 247 g/mol. The Morgan fingerprint density at radius 2 is 1.83 bits per heavy atom. The molecule has 0 saturated heterocycles. The molecule has 1 aliphatic rings. The van der Waals surface area contributed by atoms with Crippen molar-refractivity contribution in [2.75, 3.05) is 0 Å². The van der Waals surface area contributed by atoms with Crippen LogP contribution < -0.4 is 5.73 Å². The van der Waals surface area contributed by atoms with Crippen LogP contribution in [-0.4, -0.2) is 16.2 Å². The third-order valence-corrected chi connectivity index (χ3v) is 4.27. The van der Waals surface area contributed by atoms with E-state index in [0.717, 1.165) is 19.3 Å². The molecule has 3 N–H and O–H groups in total. The van der Waals surface area contributed by atoms with E-state index in [1.165, 1.54) is 5.56 Å². The highest BCUT2D eigenvalue weighted by Crippen LogP contribution is 2.55. The fraction of sp³-hybridized carbons (Fsp3) is 0.625. The Labute approximate surface area is 110 Å². The van der Waals surface area contributed by atoms with E-state index in [0.29, 0.717) is 11.8 Å². The summed E-state index contributed by atoms with van der Waals surface area (Å²) in [4.78, 5) is 0. The van der Waals surface area contributed by atoms with Crippen LogP contribution in [0.3, 0.4) is 0 Å². The van der Waals surface area contributed by atoms with Crippen LogP contribution in [0, 0.1) is 11.8 Å². The molecule has 100 valence electrons. The summed E-state index contributed by atoms with van der Waals surface area (Å²) in [7, 11) is 0. The summed E-state index contributed by atoms with van der Waals surface area (Å²) in [6.45, 7) is 5.95. The van der Waals surface area contributed by atoms with Gasteiger partial charge in [0.1, 0.15) is 0 Å². The lowest BCUT2D eigenvalue weighted by molar-refractivity contribution is 0.0612. The minimum atomic E-state index is -0.615. The molecule has 1 aromatic rings. The van der Waals surface area contributed by atoms with E-state index >= 15 is 0 Å². The Morgan fingerprint density at radius 1 is 1.22 bits per heavy atom. The van der Waals surface area contributed by atoms with E-state index < -0.39 is 5.60 Å². The van der Waals surface area contributed by atoms with Gasteiger partial charge in [-0.2, -0.15) is 0 Å². The highest BCUT2D eigenvalue weighted by molar-refractivity contribution is 5.25. The third kappa shape index (κ3) is 2.76. The van der Waals surface area contributed by atoms with Crippen molar-refractivity contribution < 1.29 is 5.11 Å². The standard InChI is InChI=1S/C16H25NO/c1-4-13-14(11-15(2,3)18)16(13,17)10-12-8-6-5-7-9-12/h5-9,13-14,18H,4,10-11,17H2,1-3H3/t13-,14+,16-/m1/s1. The first kappa shape index (κ1) is 13.6. The third-order valence-electron chi connectivity index (χ3n) is 4.27. The molecule has 3 atom stereocenters. The van der Waals surface area contributed by atoms with Crippen LogP contribution in [0.1, 0.15) is 39.2 Å². The summed E-state index contributed by atoms with van der Waals surface area (Å²) >= 11 is 0. The van der Waals surface area contributed by atoms with Gasteiger partial charge in [-0.05, 0) is 44.1 Å². The van der Waals surface area contributed by atoms with E-state index in [9.17, 15) is 5.11 Å². The summed E-state index contributed by atoms with van der Waals surface area (Å²) in [6.07, 6.45) is 2.83. The van der Waals surface area contributed by atoms with Crippen molar-refractivity contribution in [3.63, 3.8) is 0 Å². The molecule has 1 saturated carbocycles. The van der Waals surface area contributed by atoms with Crippen molar-refractivity contribution in [1.82, 2.24) is 0 Å². The van der Waals surface area contributed by atoms with Crippen LogP contribution in [0.2, 0.25) is 0 Å². The molecule has 2 nitrogen and oxygen atoms in total. The van der Waals surface area contributed by atoms with Crippen molar-refractivity contribution >= 4 is 0 Å². The zero-order valence-corrected chi connectivity index (χ0v) is 11.7. The van der Waals surface area contributed by atoms with E-state index in [4.69, 9.17) is 5.73 Å². The first-order valence-corrected chi connectivity index (χ1v) is 6.92. The second-order valence-corrected chi connectivity index (χ2v) is 6.41. The van der Waals surface area contributed by atoms with Crippen LogP contribution in [0.4, 0.5) is 0 Å². The van der Waals surface area contributed by atoms with Gasteiger partial charge >= 0.3 is 0 Å². The first-order chi connectivity index (χ1) is 8.37. The minimum Gasteiger partial charge on any atom is -0.390 e. The molecular formula is C16H25NO. The van der Waals surface area contributed by atoms with Gasteiger partial charge in [-0.25, -0.2) is 0 Å². The van der Waals surface area contributed by atoms with Crippen molar-refractivity contribution in [1.29, 1.82) is 0 Å². The molecule has 2 heteroatoms. The molecular weight excluding hydrogens is 222 g/mol. The molecule has 0 radical (unpaired) electrons. The molecule has 0 unspecified atom stereocenters. The van der Waals surface area contributed by atoms with E-state index in [-0.39, 0.29) is 5.54 Å². The Balaban J connectivity index is 2.07. The topological polar surface area (TPSA) is 46.2 Å². The second kappa shape index (κ2) is 4.67. The van der Waals surface area contributed by atoms with E-state index in [2.05, 4.69) is 31.2 Å². The van der Waals surface area contributed by atoms with Gasteiger partial charge in [0.05, 0.1) is 5.60 Å². The Hall–Kier alpha value is -0.860. The molecule has 0 aliphatic heterocycles. The fourth-order valence-electron chi connectivity index (χ4n) is 3.38. The Kier molecular flexibility index (Phi) is 3.52. The zero-order chi connectivity index (χ0) is 13.4. The molecule has 1 aliphatic carbocycles. The maximum absolute atomic E-state index is 9.98. The van der Waals surface area contributed by atoms with Crippen LogP contribution in [0.5, 0.6) is 0 Å². The number of aliphatic hydroxyl groups is 1. The molecule has 18 heavy (non-hydrogen) atoms. The van der Waals surface area contributed by atoms with Gasteiger partial charge in [-0.3, -0.25) is 0 Å². The summed E-state index contributed by atoms with van der Waals surface area (Å²) in [5.41, 5.74) is 7.15. The van der Waals surface area contributed by atoms with E-state index in [1.807, 2.05) is 19.9 Å². The average Bonchev–Trinajstić information content (AvgIpc) is 2.80. The van der Waals surface area contributed by atoms with Crippen molar-refractivity contribution in [2.24, 2.45) is 17.6 Å². The van der Waals surface area contributed by atoms with Gasteiger partial charge in [0.25, 0.3) is 0 Å². The van der Waals surface area contributed by atoms with Crippen LogP contribution in [-0.2, 0) is 6.42 Å². The van der Waals surface area contributed by atoms with Gasteiger partial charge < -0.3 is 10.8 Å². The second-order valence-electron chi connectivity index (χ2n) is 6.41. The smallest absolute Gasteiger partial charge is 0.0595 e. The molecule has 0 spiro atoms. The summed E-state index contributed by atoms with van der Waals surface area (Å²) < 4.78 is 0. The largest absolute Gasteiger partial charge is 0.390 e. The molecule has 1 aromatic carbocycles. The Morgan fingerprint density at radius 3 is 2.33 bits per heavy atom. The van der Waals surface area contributed by atoms with Gasteiger partial charge in [-0.1, -0.05) is 43.7 Å². The normalized spacial score (nSPS) is 31.4. The number of hydrogen-bond acceptors (Lipinski definition) is 2. The van der Waals surface area contributed by atoms with Gasteiger partial charge in [0.15, 0.2) is 0 Å². The van der Waals surface area contributed by atoms with Gasteiger partial charge in [0.2, 0.25) is 0 Å². The van der Waals surface area contributed by atoms with Gasteiger partial charge in [-0.15, -0.1) is 0 Å². The van der Waals surface area contributed by atoms with Crippen molar-refractivity contribution in [2.45, 2.75) is 51.2 Å². The predicted octanol–water partition coefficient (Wildman–Crippen LogP) is 2.74. The predicted molar refractivity (Wildman–Crippen MR) is 75.3 cm³/mol. The molecule has 2 rings (SSSR count). The monoisotopic (exact) mass is 247 g/mol. The summed E-state index contributed by atoms with van der Waals surface area (Å²) in [5, 5.41) is 9.98. The van der Waals surface area contributed by atoms with Crippen molar-refractivity contribution in [3.8, 4) is 0 Å². The highest BCUT2D eigenvalue weighted by atomic mass is 16.3.